The number of hydrogen-bond donors (Lipinski definition) is 1. The summed E-state index contributed by atoms with van der Waals surface area (Å²) < 4.78 is 0. The van der Waals surface area contributed by atoms with Gasteiger partial charge in [0, 0.05) is 13.6 Å². The van der Waals surface area contributed by atoms with Gasteiger partial charge in [0.05, 0.1) is 0 Å². The van der Waals surface area contributed by atoms with Gasteiger partial charge in [0.25, 0.3) is 0 Å². The molecule has 1 aromatic rings. The first-order valence-electron chi connectivity index (χ1n) is 5.09. The minimum Gasteiger partial charge on any atom is -0.477 e. The summed E-state index contributed by atoms with van der Waals surface area (Å²) in [5.74, 6) is 0.472. The van der Waals surface area contributed by atoms with Crippen molar-refractivity contribution in [2.24, 2.45) is 11.8 Å². The third-order valence-corrected chi connectivity index (χ3v) is 4.42. The van der Waals surface area contributed by atoms with E-state index in [9.17, 15) is 4.79 Å². The van der Waals surface area contributed by atoms with Gasteiger partial charge in [0.15, 0.2) is 15.2 Å². The predicted octanol–water partition coefficient (Wildman–Crippen LogP) is 2.59. The summed E-state index contributed by atoms with van der Waals surface area (Å²) in [4.78, 5) is 17.0. The summed E-state index contributed by atoms with van der Waals surface area (Å²) in [5.41, 5.74) is 0. The second-order valence-electron chi connectivity index (χ2n) is 4.28. The zero-order chi connectivity index (χ0) is 11.9. The molecule has 1 aromatic heterocycles. The Morgan fingerprint density at radius 3 is 2.81 bits per heavy atom. The van der Waals surface area contributed by atoms with Crippen LogP contribution in [0.25, 0.3) is 0 Å². The Kier molecular flexibility index (Phi) is 3.08. The molecule has 1 fully saturated rings. The molecule has 2 unspecified atom stereocenters. The second kappa shape index (κ2) is 4.22. The smallest absolute Gasteiger partial charge is 0.349 e. The average molecular weight is 261 g/mol. The molecule has 2 atom stereocenters. The zero-order valence-corrected chi connectivity index (χ0v) is 10.7. The lowest BCUT2D eigenvalue weighted by Crippen LogP contribution is -2.20. The van der Waals surface area contributed by atoms with E-state index in [1.54, 1.807) is 0 Å². The predicted molar refractivity (Wildman–Crippen MR) is 64.6 cm³/mol. The van der Waals surface area contributed by atoms with Crippen LogP contribution in [0.1, 0.15) is 23.0 Å². The van der Waals surface area contributed by atoms with E-state index in [1.165, 1.54) is 6.42 Å². The molecule has 1 aliphatic rings. The van der Waals surface area contributed by atoms with E-state index in [0.717, 1.165) is 23.8 Å². The van der Waals surface area contributed by atoms with Crippen molar-refractivity contribution in [2.45, 2.75) is 13.3 Å². The highest BCUT2D eigenvalue weighted by atomic mass is 35.5. The van der Waals surface area contributed by atoms with Crippen LogP contribution in [0, 0.1) is 11.8 Å². The molecule has 0 spiro atoms. The Morgan fingerprint density at radius 1 is 1.75 bits per heavy atom. The second-order valence-corrected chi connectivity index (χ2v) is 5.61. The number of anilines is 1. The van der Waals surface area contributed by atoms with Crippen LogP contribution in [0.4, 0.5) is 5.13 Å². The van der Waals surface area contributed by atoms with Crippen molar-refractivity contribution in [2.75, 3.05) is 18.5 Å². The number of hydrogen-bond acceptors (Lipinski definition) is 4. The van der Waals surface area contributed by atoms with Crippen molar-refractivity contribution in [1.29, 1.82) is 0 Å². The van der Waals surface area contributed by atoms with E-state index >= 15 is 0 Å². The quantitative estimate of drug-likeness (QED) is 0.904. The Labute approximate surface area is 103 Å². The first kappa shape index (κ1) is 11.7. The maximum atomic E-state index is 10.8. The van der Waals surface area contributed by atoms with Crippen molar-refractivity contribution in [3.63, 3.8) is 0 Å². The normalized spacial score (nSPS) is 23.2. The van der Waals surface area contributed by atoms with E-state index in [0.29, 0.717) is 11.0 Å². The summed E-state index contributed by atoms with van der Waals surface area (Å²) in [6.45, 7) is 3.14. The van der Waals surface area contributed by atoms with Gasteiger partial charge in [0.2, 0.25) is 0 Å². The third-order valence-electron chi connectivity index (χ3n) is 2.88. The van der Waals surface area contributed by atoms with Crippen LogP contribution in [0.5, 0.6) is 0 Å². The van der Waals surface area contributed by atoms with Gasteiger partial charge >= 0.3 is 5.97 Å². The molecule has 0 saturated heterocycles. The van der Waals surface area contributed by atoms with Gasteiger partial charge in [-0.1, -0.05) is 29.9 Å². The van der Waals surface area contributed by atoms with Crippen molar-refractivity contribution in [1.82, 2.24) is 4.98 Å². The fraction of sp³-hybridized carbons (Fsp3) is 0.600. The summed E-state index contributed by atoms with van der Waals surface area (Å²) in [5, 5.41) is 9.63. The van der Waals surface area contributed by atoms with Gasteiger partial charge < -0.3 is 10.0 Å². The first-order valence-corrected chi connectivity index (χ1v) is 6.29. The van der Waals surface area contributed by atoms with Crippen LogP contribution >= 0.6 is 22.9 Å². The molecule has 0 radical (unpaired) electrons. The van der Waals surface area contributed by atoms with Crippen LogP contribution in [0.3, 0.4) is 0 Å². The van der Waals surface area contributed by atoms with E-state index in [1.807, 2.05) is 11.9 Å². The molecular formula is C10H13ClN2O2S. The van der Waals surface area contributed by atoms with Gasteiger partial charge in [-0.15, -0.1) is 0 Å². The van der Waals surface area contributed by atoms with Crippen molar-refractivity contribution < 1.29 is 9.90 Å². The Balaban J connectivity index is 2.08. The summed E-state index contributed by atoms with van der Waals surface area (Å²) >= 11 is 6.89. The zero-order valence-electron chi connectivity index (χ0n) is 9.11. The number of nitrogens with zero attached hydrogens (tertiary/aromatic N) is 2. The number of halogens is 1. The van der Waals surface area contributed by atoms with Gasteiger partial charge in [-0.3, -0.25) is 0 Å². The fourth-order valence-corrected chi connectivity index (χ4v) is 2.76. The lowest BCUT2D eigenvalue weighted by atomic mass is 10.3. The van der Waals surface area contributed by atoms with Crippen LogP contribution in [-0.4, -0.2) is 29.7 Å². The van der Waals surface area contributed by atoms with Crippen LogP contribution in [0.15, 0.2) is 0 Å². The van der Waals surface area contributed by atoms with Crippen LogP contribution < -0.4 is 4.90 Å². The number of aromatic nitrogens is 1. The first-order chi connectivity index (χ1) is 7.49. The Morgan fingerprint density at radius 2 is 2.38 bits per heavy atom. The van der Waals surface area contributed by atoms with Gasteiger partial charge in [-0.25, -0.2) is 9.78 Å². The topological polar surface area (TPSA) is 53.4 Å². The van der Waals surface area contributed by atoms with E-state index < -0.39 is 5.97 Å². The molecule has 16 heavy (non-hydrogen) atoms. The third kappa shape index (κ3) is 2.30. The minimum atomic E-state index is -1.01. The van der Waals surface area contributed by atoms with Crippen molar-refractivity contribution in [3.8, 4) is 0 Å². The summed E-state index contributed by atoms with van der Waals surface area (Å²) in [6, 6.07) is 0. The number of carbonyl (C=O) groups is 1. The lowest BCUT2D eigenvalue weighted by Gasteiger charge is -2.14. The highest BCUT2D eigenvalue weighted by molar-refractivity contribution is 7.18. The molecule has 4 nitrogen and oxygen atoms in total. The number of aromatic carboxylic acids is 1. The molecule has 1 heterocycles. The largest absolute Gasteiger partial charge is 0.477 e. The van der Waals surface area contributed by atoms with E-state index in [4.69, 9.17) is 16.7 Å². The van der Waals surface area contributed by atoms with Gasteiger partial charge in [0.1, 0.15) is 0 Å². The molecule has 1 N–H and O–H groups in total. The SMILES string of the molecule is CC1CC1CN(C)c1nc(Cl)c(C(=O)O)s1. The monoisotopic (exact) mass is 260 g/mol. The number of thiazole rings is 1. The minimum absolute atomic E-state index is 0.0863. The van der Waals surface area contributed by atoms with E-state index in [-0.39, 0.29) is 10.0 Å². The maximum absolute atomic E-state index is 10.8. The van der Waals surface area contributed by atoms with E-state index in [2.05, 4.69) is 11.9 Å². The standard InChI is InChI=1S/C10H13ClN2O2S/c1-5-3-6(5)4-13(2)10-12-8(11)7(16-10)9(14)15/h5-6H,3-4H2,1-2H3,(H,14,15). The Hall–Kier alpha value is -0.810. The highest BCUT2D eigenvalue weighted by Crippen LogP contribution is 2.39. The maximum Gasteiger partial charge on any atom is 0.349 e. The average Bonchev–Trinajstić information content (AvgIpc) is 2.74. The number of carboxylic acids is 1. The highest BCUT2D eigenvalue weighted by Gasteiger charge is 2.34. The summed E-state index contributed by atoms with van der Waals surface area (Å²) in [6.07, 6.45) is 1.25. The lowest BCUT2D eigenvalue weighted by molar-refractivity contribution is 0.0702. The van der Waals surface area contributed by atoms with Crippen molar-refractivity contribution in [3.05, 3.63) is 10.0 Å². The van der Waals surface area contributed by atoms with Crippen molar-refractivity contribution >= 4 is 34.0 Å². The van der Waals surface area contributed by atoms with Crippen LogP contribution in [0.2, 0.25) is 5.15 Å². The summed E-state index contributed by atoms with van der Waals surface area (Å²) in [7, 11) is 1.92. The number of carboxylic acid groups (broad SMARTS) is 1. The molecule has 0 bridgehead atoms. The molecule has 2 rings (SSSR count). The molecule has 1 saturated carbocycles. The molecule has 0 aromatic carbocycles. The molecule has 6 heteroatoms. The fourth-order valence-electron chi connectivity index (χ4n) is 1.67. The molecule has 0 aliphatic heterocycles. The molecule has 0 amide bonds. The molecular weight excluding hydrogens is 248 g/mol. The number of rotatable bonds is 4. The molecule has 88 valence electrons. The van der Waals surface area contributed by atoms with Crippen LogP contribution in [-0.2, 0) is 0 Å². The molecule has 1 aliphatic carbocycles. The Bertz CT molecular complexity index is 421. The van der Waals surface area contributed by atoms with Gasteiger partial charge in [-0.2, -0.15) is 0 Å². The van der Waals surface area contributed by atoms with Gasteiger partial charge in [-0.05, 0) is 18.3 Å².